The normalized spacial score (nSPS) is 11.2. The second-order valence-electron chi connectivity index (χ2n) is 4.55. The Morgan fingerprint density at radius 3 is 2.53 bits per heavy atom. The Hall–Kier alpha value is -2.61. The van der Waals surface area contributed by atoms with Crippen LogP contribution in [0, 0.1) is 0 Å². The average Bonchev–Trinajstić information content (AvgIpc) is 2.86. The molecule has 4 aromatic rings. The van der Waals surface area contributed by atoms with Crippen LogP contribution in [-0.4, -0.2) is 4.98 Å². The molecule has 0 N–H and O–H groups in total. The van der Waals surface area contributed by atoms with E-state index in [9.17, 15) is 0 Å². The van der Waals surface area contributed by atoms with Crippen molar-refractivity contribution in [3.05, 3.63) is 67.0 Å². The summed E-state index contributed by atoms with van der Waals surface area (Å²) in [6, 6.07) is 18.7. The first-order valence-corrected chi connectivity index (χ1v) is 6.23. The van der Waals surface area contributed by atoms with E-state index in [2.05, 4.69) is 41.4 Å². The first kappa shape index (κ1) is 10.3. The fourth-order valence-corrected chi connectivity index (χ4v) is 2.44. The van der Waals surface area contributed by atoms with Gasteiger partial charge >= 0.3 is 0 Å². The number of hydrogen-bond donors (Lipinski definition) is 0. The van der Waals surface area contributed by atoms with Crippen molar-refractivity contribution in [2.45, 2.75) is 0 Å². The maximum atomic E-state index is 5.78. The molecule has 0 radical (unpaired) electrons. The highest BCUT2D eigenvalue weighted by molar-refractivity contribution is 6.05. The van der Waals surface area contributed by atoms with E-state index in [1.807, 2.05) is 18.2 Å². The molecule has 0 fully saturated rings. The monoisotopic (exact) mass is 245 g/mol. The van der Waals surface area contributed by atoms with Crippen molar-refractivity contribution in [2.24, 2.45) is 0 Å². The number of furan rings is 1. The molecule has 0 atom stereocenters. The van der Waals surface area contributed by atoms with Gasteiger partial charge in [-0.2, -0.15) is 0 Å². The van der Waals surface area contributed by atoms with Crippen molar-refractivity contribution in [3.63, 3.8) is 0 Å². The van der Waals surface area contributed by atoms with Gasteiger partial charge in [0.05, 0.1) is 6.20 Å². The largest absolute Gasteiger partial charge is 0.454 e. The fraction of sp³-hybridized carbons (Fsp3) is 0. The molecule has 90 valence electrons. The third-order valence-electron chi connectivity index (χ3n) is 3.38. The van der Waals surface area contributed by atoms with Gasteiger partial charge in [-0.25, -0.2) is 0 Å². The zero-order chi connectivity index (χ0) is 12.7. The second kappa shape index (κ2) is 3.95. The minimum atomic E-state index is 0.836. The summed E-state index contributed by atoms with van der Waals surface area (Å²) in [6.07, 6.45) is 3.56. The van der Waals surface area contributed by atoms with Crippen LogP contribution in [0.5, 0.6) is 0 Å². The number of pyridine rings is 1. The summed E-state index contributed by atoms with van der Waals surface area (Å²) < 4.78 is 5.78. The van der Waals surface area contributed by atoms with E-state index >= 15 is 0 Å². The van der Waals surface area contributed by atoms with Gasteiger partial charge in [-0.3, -0.25) is 4.98 Å². The van der Waals surface area contributed by atoms with Crippen molar-refractivity contribution < 1.29 is 4.42 Å². The molecule has 0 bridgehead atoms. The molecule has 2 heterocycles. The van der Waals surface area contributed by atoms with Crippen LogP contribution >= 0.6 is 0 Å². The maximum absolute atomic E-state index is 5.78. The van der Waals surface area contributed by atoms with E-state index in [1.54, 1.807) is 12.4 Å². The highest BCUT2D eigenvalue weighted by atomic mass is 16.3. The Labute approximate surface area is 110 Å². The Morgan fingerprint density at radius 1 is 0.737 bits per heavy atom. The lowest BCUT2D eigenvalue weighted by molar-refractivity contribution is 0.667. The van der Waals surface area contributed by atoms with E-state index in [0.717, 1.165) is 21.9 Å². The fourth-order valence-electron chi connectivity index (χ4n) is 2.44. The molecule has 2 aromatic carbocycles. The molecule has 0 aliphatic rings. The molecule has 0 spiro atoms. The van der Waals surface area contributed by atoms with Crippen LogP contribution in [0.15, 0.2) is 71.4 Å². The highest BCUT2D eigenvalue weighted by Crippen LogP contribution is 2.31. The molecule has 4 rings (SSSR count). The number of fused-ring (bicyclic) bond motifs is 3. The van der Waals surface area contributed by atoms with Crippen LogP contribution in [0.1, 0.15) is 0 Å². The standard InChI is InChI=1S/C17H11NO/c1-2-4-12(5-3-1)13-6-7-16-15(10-13)14-8-9-18-11-17(14)19-16/h1-11H. The number of nitrogens with zero attached hydrogens (tertiary/aromatic N) is 1. The number of hydrogen-bond acceptors (Lipinski definition) is 2. The second-order valence-corrected chi connectivity index (χ2v) is 4.55. The van der Waals surface area contributed by atoms with E-state index in [0.29, 0.717) is 0 Å². The lowest BCUT2D eigenvalue weighted by Crippen LogP contribution is -1.76. The molecule has 2 aromatic heterocycles. The summed E-state index contributed by atoms with van der Waals surface area (Å²) >= 11 is 0. The molecule has 2 nitrogen and oxygen atoms in total. The lowest BCUT2D eigenvalue weighted by atomic mass is 10.0. The summed E-state index contributed by atoms with van der Waals surface area (Å²) in [7, 11) is 0. The van der Waals surface area contributed by atoms with E-state index in [-0.39, 0.29) is 0 Å². The van der Waals surface area contributed by atoms with Crippen molar-refractivity contribution in [2.75, 3.05) is 0 Å². The van der Waals surface area contributed by atoms with Crippen LogP contribution in [0.4, 0.5) is 0 Å². The van der Waals surface area contributed by atoms with Gasteiger partial charge in [0.25, 0.3) is 0 Å². The topological polar surface area (TPSA) is 26.0 Å². The van der Waals surface area contributed by atoms with Gasteiger partial charge in [0.2, 0.25) is 0 Å². The van der Waals surface area contributed by atoms with Gasteiger partial charge < -0.3 is 4.42 Å². The van der Waals surface area contributed by atoms with Gasteiger partial charge in [-0.15, -0.1) is 0 Å². The van der Waals surface area contributed by atoms with E-state index in [1.165, 1.54) is 11.1 Å². The van der Waals surface area contributed by atoms with Gasteiger partial charge in [-0.05, 0) is 29.3 Å². The zero-order valence-corrected chi connectivity index (χ0v) is 10.2. The van der Waals surface area contributed by atoms with E-state index < -0.39 is 0 Å². The predicted molar refractivity (Wildman–Crippen MR) is 77.0 cm³/mol. The Morgan fingerprint density at radius 2 is 1.63 bits per heavy atom. The minimum absolute atomic E-state index is 0.836. The van der Waals surface area contributed by atoms with Crippen LogP contribution in [-0.2, 0) is 0 Å². The molecule has 0 saturated carbocycles. The van der Waals surface area contributed by atoms with E-state index in [4.69, 9.17) is 4.42 Å². The predicted octanol–water partition coefficient (Wildman–Crippen LogP) is 4.65. The maximum Gasteiger partial charge on any atom is 0.153 e. The Kier molecular flexibility index (Phi) is 2.15. The number of aromatic nitrogens is 1. The molecule has 0 aliphatic heterocycles. The minimum Gasteiger partial charge on any atom is -0.454 e. The van der Waals surface area contributed by atoms with Crippen molar-refractivity contribution in [3.8, 4) is 11.1 Å². The molecule has 0 aliphatic carbocycles. The molecule has 0 saturated heterocycles. The summed E-state index contributed by atoms with van der Waals surface area (Å²) in [4.78, 5) is 4.09. The smallest absolute Gasteiger partial charge is 0.153 e. The van der Waals surface area contributed by atoms with Crippen molar-refractivity contribution in [1.82, 2.24) is 4.98 Å². The van der Waals surface area contributed by atoms with Gasteiger partial charge in [0, 0.05) is 17.0 Å². The summed E-state index contributed by atoms with van der Waals surface area (Å²) in [5, 5.41) is 2.25. The van der Waals surface area contributed by atoms with Crippen molar-refractivity contribution >= 4 is 21.9 Å². The van der Waals surface area contributed by atoms with Gasteiger partial charge in [0.1, 0.15) is 5.58 Å². The Bertz CT molecular complexity index is 862. The summed E-state index contributed by atoms with van der Waals surface area (Å²) in [6.45, 7) is 0. The summed E-state index contributed by atoms with van der Waals surface area (Å²) in [5.41, 5.74) is 4.16. The molecular formula is C17H11NO. The third kappa shape index (κ3) is 1.61. The third-order valence-corrected chi connectivity index (χ3v) is 3.38. The Balaban J connectivity index is 2.03. The molecule has 0 amide bonds. The van der Waals surface area contributed by atoms with Crippen molar-refractivity contribution in [1.29, 1.82) is 0 Å². The molecule has 0 unspecified atom stereocenters. The highest BCUT2D eigenvalue weighted by Gasteiger charge is 2.07. The zero-order valence-electron chi connectivity index (χ0n) is 10.2. The van der Waals surface area contributed by atoms with Crippen LogP contribution in [0.2, 0.25) is 0 Å². The first-order chi connectivity index (χ1) is 9.42. The molecule has 2 heteroatoms. The van der Waals surface area contributed by atoms with Crippen LogP contribution < -0.4 is 0 Å². The number of benzene rings is 2. The molecule has 19 heavy (non-hydrogen) atoms. The SMILES string of the molecule is c1ccc(-c2ccc3oc4cnccc4c3c2)cc1. The molecular weight excluding hydrogens is 234 g/mol. The quantitative estimate of drug-likeness (QED) is 0.488. The van der Waals surface area contributed by atoms with Gasteiger partial charge in [-0.1, -0.05) is 36.4 Å². The number of rotatable bonds is 1. The van der Waals surface area contributed by atoms with Gasteiger partial charge in [0.15, 0.2) is 5.58 Å². The first-order valence-electron chi connectivity index (χ1n) is 6.23. The van der Waals surface area contributed by atoms with Crippen LogP contribution in [0.3, 0.4) is 0 Å². The summed E-state index contributed by atoms with van der Waals surface area (Å²) in [5.74, 6) is 0. The average molecular weight is 245 g/mol. The van der Waals surface area contributed by atoms with Crippen LogP contribution in [0.25, 0.3) is 33.1 Å². The lowest BCUT2D eigenvalue weighted by Gasteiger charge is -2.00.